The van der Waals surface area contributed by atoms with Gasteiger partial charge in [-0.05, 0) is 30.3 Å². The Balaban J connectivity index is 2.46. The lowest BCUT2D eigenvalue weighted by Gasteiger charge is -2.08. The molecule has 0 saturated carbocycles. The zero-order valence-electron chi connectivity index (χ0n) is 8.84. The summed E-state index contributed by atoms with van der Waals surface area (Å²) >= 11 is 0. The van der Waals surface area contributed by atoms with Crippen LogP contribution in [0.5, 0.6) is 11.5 Å². The predicted molar refractivity (Wildman–Crippen MR) is 61.2 cm³/mol. The zero-order valence-corrected chi connectivity index (χ0v) is 8.84. The monoisotopic (exact) mass is 219 g/mol. The van der Waals surface area contributed by atoms with Crippen molar-refractivity contribution >= 4 is 0 Å². The molecular formula is C14H7N2O. The molecule has 79 valence electrons. The Labute approximate surface area is 99.1 Å². The predicted octanol–water partition coefficient (Wildman–Crippen LogP) is 3.02. The highest BCUT2D eigenvalue weighted by Crippen LogP contribution is 2.28. The van der Waals surface area contributed by atoms with Crippen LogP contribution in [0.1, 0.15) is 11.1 Å². The van der Waals surface area contributed by atoms with E-state index < -0.39 is 0 Å². The van der Waals surface area contributed by atoms with Crippen molar-refractivity contribution in [3.05, 3.63) is 59.7 Å². The van der Waals surface area contributed by atoms with Crippen molar-refractivity contribution in [3.8, 4) is 23.6 Å². The summed E-state index contributed by atoms with van der Waals surface area (Å²) in [5.74, 6) is 0.837. The molecule has 0 fully saturated rings. The molecule has 0 aliphatic rings. The zero-order chi connectivity index (χ0) is 12.1. The van der Waals surface area contributed by atoms with Gasteiger partial charge >= 0.3 is 0 Å². The van der Waals surface area contributed by atoms with Crippen LogP contribution < -0.4 is 4.74 Å². The van der Waals surface area contributed by atoms with Gasteiger partial charge < -0.3 is 4.74 Å². The quantitative estimate of drug-likeness (QED) is 0.780. The standard InChI is InChI=1S/C14H7N2O/c15-9-11-5-4-6-12(10-16)14(11)17-13-7-2-1-3-8-13/h1-2,4-8H. The lowest BCUT2D eigenvalue weighted by atomic mass is 10.1. The molecule has 17 heavy (non-hydrogen) atoms. The first-order valence-corrected chi connectivity index (χ1v) is 4.92. The lowest BCUT2D eigenvalue weighted by molar-refractivity contribution is 0.479. The molecule has 1 radical (unpaired) electrons. The van der Waals surface area contributed by atoms with Crippen LogP contribution >= 0.6 is 0 Å². The molecule has 2 aromatic carbocycles. The van der Waals surface area contributed by atoms with E-state index in [9.17, 15) is 0 Å². The second kappa shape index (κ2) is 4.83. The largest absolute Gasteiger partial charge is 0.455 e. The number of nitrogens with zero attached hydrogens (tertiary/aromatic N) is 2. The third-order valence-electron chi connectivity index (χ3n) is 2.15. The molecule has 0 atom stereocenters. The lowest BCUT2D eigenvalue weighted by Crippen LogP contribution is -1.91. The van der Waals surface area contributed by atoms with E-state index in [1.165, 1.54) is 0 Å². The van der Waals surface area contributed by atoms with Gasteiger partial charge in [0.15, 0.2) is 5.75 Å². The highest BCUT2D eigenvalue weighted by atomic mass is 16.5. The normalized spacial score (nSPS) is 9.06. The summed E-state index contributed by atoms with van der Waals surface area (Å²) < 4.78 is 5.55. The van der Waals surface area contributed by atoms with Crippen molar-refractivity contribution < 1.29 is 4.74 Å². The molecule has 0 aromatic heterocycles. The topological polar surface area (TPSA) is 56.8 Å². The molecule has 0 saturated heterocycles. The molecular weight excluding hydrogens is 212 g/mol. The first-order valence-electron chi connectivity index (χ1n) is 4.92. The molecule has 0 spiro atoms. The fourth-order valence-corrected chi connectivity index (χ4v) is 1.38. The molecule has 0 unspecified atom stereocenters. The van der Waals surface area contributed by atoms with E-state index in [1.807, 2.05) is 12.1 Å². The van der Waals surface area contributed by atoms with Crippen LogP contribution in [0.4, 0.5) is 0 Å². The Morgan fingerprint density at radius 1 is 1.00 bits per heavy atom. The van der Waals surface area contributed by atoms with E-state index in [1.54, 1.807) is 42.5 Å². The van der Waals surface area contributed by atoms with E-state index >= 15 is 0 Å². The third-order valence-corrected chi connectivity index (χ3v) is 2.15. The van der Waals surface area contributed by atoms with Crippen LogP contribution in [0.25, 0.3) is 0 Å². The Morgan fingerprint density at radius 2 is 1.71 bits per heavy atom. The summed E-state index contributed by atoms with van der Waals surface area (Å²) in [6, 6.07) is 18.7. The number of hydrogen-bond acceptors (Lipinski definition) is 3. The molecule has 0 aliphatic heterocycles. The van der Waals surface area contributed by atoms with Gasteiger partial charge in [0.05, 0.1) is 11.1 Å². The van der Waals surface area contributed by atoms with E-state index in [0.29, 0.717) is 16.9 Å². The van der Waals surface area contributed by atoms with Gasteiger partial charge in [-0.15, -0.1) is 0 Å². The average Bonchev–Trinajstić information content (AvgIpc) is 2.40. The summed E-state index contributed by atoms with van der Waals surface area (Å²) in [6.45, 7) is 0. The summed E-state index contributed by atoms with van der Waals surface area (Å²) in [4.78, 5) is 0. The van der Waals surface area contributed by atoms with Crippen LogP contribution in [0.3, 0.4) is 0 Å². The Morgan fingerprint density at radius 3 is 2.24 bits per heavy atom. The SMILES string of the molecule is N#Cc1cccc(C#N)c1Oc1c[c]ccc1. The van der Waals surface area contributed by atoms with Crippen molar-refractivity contribution in [2.75, 3.05) is 0 Å². The maximum Gasteiger partial charge on any atom is 0.162 e. The van der Waals surface area contributed by atoms with Crippen LogP contribution in [0.15, 0.2) is 42.5 Å². The fraction of sp³-hybridized carbons (Fsp3) is 0. The smallest absolute Gasteiger partial charge is 0.162 e. The van der Waals surface area contributed by atoms with Gasteiger partial charge in [0.1, 0.15) is 17.9 Å². The van der Waals surface area contributed by atoms with Gasteiger partial charge in [0, 0.05) is 0 Å². The Hall–Kier alpha value is -2.78. The maximum absolute atomic E-state index is 8.97. The van der Waals surface area contributed by atoms with Crippen LogP contribution in [0, 0.1) is 28.7 Å². The number of ether oxygens (including phenoxy) is 1. The minimum Gasteiger partial charge on any atom is -0.455 e. The summed E-state index contributed by atoms with van der Waals surface area (Å²) in [7, 11) is 0. The van der Waals surface area contributed by atoms with Crippen molar-refractivity contribution in [3.63, 3.8) is 0 Å². The van der Waals surface area contributed by atoms with Crippen molar-refractivity contribution in [1.29, 1.82) is 10.5 Å². The van der Waals surface area contributed by atoms with Gasteiger partial charge in [-0.2, -0.15) is 10.5 Å². The van der Waals surface area contributed by atoms with Gasteiger partial charge in [0.25, 0.3) is 0 Å². The van der Waals surface area contributed by atoms with Crippen LogP contribution in [0.2, 0.25) is 0 Å². The first kappa shape index (κ1) is 10.7. The summed E-state index contributed by atoms with van der Waals surface area (Å²) in [6.07, 6.45) is 0. The van der Waals surface area contributed by atoms with E-state index in [0.717, 1.165) is 0 Å². The van der Waals surface area contributed by atoms with E-state index in [2.05, 4.69) is 6.07 Å². The highest BCUT2D eigenvalue weighted by molar-refractivity contribution is 5.54. The third kappa shape index (κ3) is 2.25. The first-order chi connectivity index (χ1) is 8.35. The minimum atomic E-state index is 0.289. The number of rotatable bonds is 2. The molecule has 2 rings (SSSR count). The summed E-state index contributed by atoms with van der Waals surface area (Å²) in [5, 5.41) is 17.9. The number of para-hydroxylation sites is 1. The van der Waals surface area contributed by atoms with Crippen molar-refractivity contribution in [1.82, 2.24) is 0 Å². The molecule has 2 aromatic rings. The van der Waals surface area contributed by atoms with Gasteiger partial charge in [0.2, 0.25) is 0 Å². The van der Waals surface area contributed by atoms with Crippen molar-refractivity contribution in [2.45, 2.75) is 0 Å². The molecule has 3 heteroatoms. The Bertz CT molecular complexity index is 574. The van der Waals surface area contributed by atoms with E-state index in [4.69, 9.17) is 15.3 Å². The van der Waals surface area contributed by atoms with E-state index in [-0.39, 0.29) is 5.75 Å². The minimum absolute atomic E-state index is 0.289. The van der Waals surface area contributed by atoms with Gasteiger partial charge in [-0.3, -0.25) is 0 Å². The second-order valence-electron chi connectivity index (χ2n) is 3.25. The molecule has 0 bridgehead atoms. The summed E-state index contributed by atoms with van der Waals surface area (Å²) in [5.41, 5.74) is 0.681. The van der Waals surface area contributed by atoms with Crippen molar-refractivity contribution in [2.24, 2.45) is 0 Å². The number of hydrogen-bond donors (Lipinski definition) is 0. The molecule has 0 aliphatic carbocycles. The molecule has 0 heterocycles. The number of benzene rings is 2. The van der Waals surface area contributed by atoms with Crippen LogP contribution in [-0.2, 0) is 0 Å². The molecule has 0 amide bonds. The molecule has 0 N–H and O–H groups in total. The highest BCUT2D eigenvalue weighted by Gasteiger charge is 2.10. The Kier molecular flexibility index (Phi) is 3.05. The fourth-order valence-electron chi connectivity index (χ4n) is 1.38. The number of nitriles is 2. The molecule has 3 nitrogen and oxygen atoms in total. The second-order valence-corrected chi connectivity index (χ2v) is 3.25. The average molecular weight is 219 g/mol. The van der Waals surface area contributed by atoms with Gasteiger partial charge in [-0.1, -0.05) is 18.2 Å². The maximum atomic E-state index is 8.97. The van der Waals surface area contributed by atoms with Gasteiger partial charge in [-0.25, -0.2) is 0 Å². The van der Waals surface area contributed by atoms with Crippen LogP contribution in [-0.4, -0.2) is 0 Å².